The normalized spacial score (nSPS) is 11.5. The van der Waals surface area contributed by atoms with Crippen LogP contribution in [0.1, 0.15) is 17.0 Å². The molecule has 0 bridgehead atoms. The van der Waals surface area contributed by atoms with E-state index in [1.807, 2.05) is 0 Å². The summed E-state index contributed by atoms with van der Waals surface area (Å²) in [5.41, 5.74) is 2.25. The fourth-order valence-corrected chi connectivity index (χ4v) is 1.69. The van der Waals surface area contributed by atoms with Crippen molar-refractivity contribution in [3.8, 4) is 0 Å². The molecule has 0 aliphatic heterocycles. The molecule has 0 fully saturated rings. The third-order valence-electron chi connectivity index (χ3n) is 2.67. The van der Waals surface area contributed by atoms with E-state index in [1.165, 1.54) is 0 Å². The quantitative estimate of drug-likeness (QED) is 0.291. The lowest BCUT2D eigenvalue weighted by Gasteiger charge is -2.07. The molecule has 18 heavy (non-hydrogen) atoms. The maximum Gasteiger partial charge on any atom is 0.199 e. The van der Waals surface area contributed by atoms with Crippen LogP contribution in [-0.4, -0.2) is 15.9 Å². The topological polar surface area (TPSA) is 72.4 Å². The monoisotopic (exact) mass is 243 g/mol. The zero-order valence-electron chi connectivity index (χ0n) is 9.95. The van der Waals surface area contributed by atoms with E-state index in [4.69, 9.17) is 5.21 Å². The zero-order valence-corrected chi connectivity index (χ0v) is 9.95. The number of hydrogen-bond donors (Lipinski definition) is 1. The predicted octanol–water partition coefficient (Wildman–Crippen LogP) is 1.44. The van der Waals surface area contributed by atoms with Crippen molar-refractivity contribution < 1.29 is 9.94 Å². The molecule has 0 amide bonds. The van der Waals surface area contributed by atoms with Crippen molar-refractivity contribution in [1.29, 1.82) is 0 Å². The smallest absolute Gasteiger partial charge is 0.199 e. The average Bonchev–Trinajstić information content (AvgIpc) is 2.41. The third kappa shape index (κ3) is 2.45. The number of pyridine rings is 2. The van der Waals surface area contributed by atoms with Crippen molar-refractivity contribution in [3.63, 3.8) is 0 Å². The molecule has 2 aromatic heterocycles. The molecule has 5 heteroatoms. The van der Waals surface area contributed by atoms with Gasteiger partial charge in [-0.25, -0.2) is 0 Å². The summed E-state index contributed by atoms with van der Waals surface area (Å²) >= 11 is 0. The van der Waals surface area contributed by atoms with Crippen molar-refractivity contribution in [1.82, 2.24) is 4.98 Å². The van der Waals surface area contributed by atoms with Gasteiger partial charge in [0.15, 0.2) is 11.4 Å². The van der Waals surface area contributed by atoms with Crippen molar-refractivity contribution in [2.45, 2.75) is 13.3 Å². The van der Waals surface area contributed by atoms with Gasteiger partial charge < -0.3 is 10.4 Å². The molecule has 92 valence electrons. The first kappa shape index (κ1) is 12.0. The molecule has 0 saturated carbocycles. The number of hydrogen-bond acceptors (Lipinski definition) is 4. The molecule has 0 aliphatic rings. The molecule has 0 atom stereocenters. The van der Waals surface area contributed by atoms with Gasteiger partial charge in [0, 0.05) is 37.0 Å². The second kappa shape index (κ2) is 5.27. The van der Waals surface area contributed by atoms with Crippen LogP contribution in [0.2, 0.25) is 0 Å². The second-order valence-electron chi connectivity index (χ2n) is 3.92. The van der Waals surface area contributed by atoms with E-state index in [0.29, 0.717) is 22.7 Å². The highest BCUT2D eigenvalue weighted by Gasteiger charge is 2.13. The summed E-state index contributed by atoms with van der Waals surface area (Å²) in [5.74, 6) is 0. The Morgan fingerprint density at radius 1 is 1.39 bits per heavy atom. The molecule has 0 spiro atoms. The minimum absolute atomic E-state index is 0.257. The van der Waals surface area contributed by atoms with Crippen LogP contribution in [0.3, 0.4) is 0 Å². The molecule has 0 saturated heterocycles. The van der Waals surface area contributed by atoms with E-state index in [0.717, 1.165) is 4.73 Å². The summed E-state index contributed by atoms with van der Waals surface area (Å²) < 4.78 is 0.835. The predicted molar refractivity (Wildman–Crippen MR) is 66.4 cm³/mol. The molecule has 0 radical (unpaired) electrons. The molecule has 2 heterocycles. The molecular formula is C13H13N3O2. The fraction of sp³-hybridized carbons (Fsp3) is 0.154. The molecule has 0 aromatic carbocycles. The Labute approximate surface area is 105 Å². The van der Waals surface area contributed by atoms with Crippen LogP contribution in [0.15, 0.2) is 47.9 Å². The lowest BCUT2D eigenvalue weighted by molar-refractivity contribution is -0.619. The highest BCUT2D eigenvalue weighted by Crippen LogP contribution is 2.05. The van der Waals surface area contributed by atoms with Crippen molar-refractivity contribution >= 4 is 5.71 Å². The lowest BCUT2D eigenvalue weighted by atomic mass is 10.1. The number of rotatable bonds is 3. The average molecular weight is 243 g/mol. The summed E-state index contributed by atoms with van der Waals surface area (Å²) in [6.07, 6.45) is 3.49. The summed E-state index contributed by atoms with van der Waals surface area (Å²) in [6.45, 7) is 1.73. The molecule has 2 aromatic rings. The summed E-state index contributed by atoms with van der Waals surface area (Å²) in [4.78, 5) is 3.96. The van der Waals surface area contributed by atoms with E-state index in [-0.39, 0.29) is 6.42 Å². The van der Waals surface area contributed by atoms with E-state index in [9.17, 15) is 5.21 Å². The minimum atomic E-state index is 0.257. The lowest BCUT2D eigenvalue weighted by Crippen LogP contribution is -2.36. The fourth-order valence-electron chi connectivity index (χ4n) is 1.69. The maximum absolute atomic E-state index is 11.8. The van der Waals surface area contributed by atoms with Crippen molar-refractivity contribution in [2.24, 2.45) is 5.16 Å². The number of nitrogens with zero attached hydrogens (tertiary/aromatic N) is 3. The van der Waals surface area contributed by atoms with Crippen LogP contribution in [0.25, 0.3) is 0 Å². The van der Waals surface area contributed by atoms with Crippen LogP contribution >= 0.6 is 0 Å². The van der Waals surface area contributed by atoms with E-state index < -0.39 is 0 Å². The van der Waals surface area contributed by atoms with E-state index in [1.54, 1.807) is 49.6 Å². The van der Waals surface area contributed by atoms with Gasteiger partial charge in [0.25, 0.3) is 0 Å². The van der Waals surface area contributed by atoms with Gasteiger partial charge in [0.05, 0.1) is 12.1 Å². The molecule has 5 nitrogen and oxygen atoms in total. The van der Waals surface area contributed by atoms with Gasteiger partial charge in [-0.2, -0.15) is 4.73 Å². The molecule has 0 aliphatic carbocycles. The van der Waals surface area contributed by atoms with Crippen LogP contribution in [0.4, 0.5) is 0 Å². The van der Waals surface area contributed by atoms with Gasteiger partial charge >= 0.3 is 0 Å². The number of aromatic nitrogens is 2. The Hall–Kier alpha value is -2.43. The summed E-state index contributed by atoms with van der Waals surface area (Å²) in [6, 6.07) is 8.78. The molecule has 1 N–H and O–H groups in total. The standard InChI is InChI=1S/C13H13N3O2/c1-10-4-2-6-12(16(10)18)8-13(15-17)11-5-3-7-14-9-11/h2-7,9,17H,8H2,1H3/b15-13-. The maximum atomic E-state index is 11.8. The Bertz CT molecular complexity index is 568. The van der Waals surface area contributed by atoms with Crippen molar-refractivity contribution in [2.75, 3.05) is 0 Å². The second-order valence-corrected chi connectivity index (χ2v) is 3.92. The minimum Gasteiger partial charge on any atom is -0.618 e. The van der Waals surface area contributed by atoms with E-state index >= 15 is 0 Å². The van der Waals surface area contributed by atoms with Gasteiger partial charge in [0.2, 0.25) is 0 Å². The van der Waals surface area contributed by atoms with E-state index in [2.05, 4.69) is 10.1 Å². The van der Waals surface area contributed by atoms with Crippen molar-refractivity contribution in [3.05, 3.63) is 64.9 Å². The van der Waals surface area contributed by atoms with Gasteiger partial charge in [-0.3, -0.25) is 4.98 Å². The van der Waals surface area contributed by atoms with Crippen LogP contribution in [-0.2, 0) is 6.42 Å². The zero-order chi connectivity index (χ0) is 13.0. The number of aryl methyl sites for hydroxylation is 1. The first-order valence-corrected chi connectivity index (χ1v) is 5.51. The van der Waals surface area contributed by atoms with Gasteiger partial charge in [-0.05, 0) is 18.2 Å². The van der Waals surface area contributed by atoms with Crippen LogP contribution in [0, 0.1) is 12.1 Å². The Kier molecular flexibility index (Phi) is 3.52. The Morgan fingerprint density at radius 3 is 2.89 bits per heavy atom. The highest BCUT2D eigenvalue weighted by molar-refractivity contribution is 6.00. The molecule has 2 rings (SSSR count). The van der Waals surface area contributed by atoms with Crippen LogP contribution in [0.5, 0.6) is 0 Å². The van der Waals surface area contributed by atoms with Crippen LogP contribution < -0.4 is 4.73 Å². The number of oxime groups is 1. The first-order chi connectivity index (χ1) is 8.72. The molecular weight excluding hydrogens is 230 g/mol. The Morgan fingerprint density at radius 2 is 2.22 bits per heavy atom. The van der Waals surface area contributed by atoms with Gasteiger partial charge in [-0.15, -0.1) is 0 Å². The summed E-state index contributed by atoms with van der Waals surface area (Å²) in [7, 11) is 0. The summed E-state index contributed by atoms with van der Waals surface area (Å²) in [5, 5.41) is 24.1. The highest BCUT2D eigenvalue weighted by atomic mass is 16.5. The SMILES string of the molecule is Cc1cccc(C/C(=N/O)c2cccnc2)[n+]1[O-]. The first-order valence-electron chi connectivity index (χ1n) is 5.51. The Balaban J connectivity index is 2.30. The third-order valence-corrected chi connectivity index (χ3v) is 2.67. The molecule has 0 unspecified atom stereocenters. The van der Waals surface area contributed by atoms with Gasteiger partial charge in [-0.1, -0.05) is 5.16 Å². The largest absolute Gasteiger partial charge is 0.618 e. The van der Waals surface area contributed by atoms with Gasteiger partial charge in [0.1, 0.15) is 0 Å².